The highest BCUT2D eigenvalue weighted by Gasteiger charge is 2.21. The van der Waals surface area contributed by atoms with Gasteiger partial charge in [-0.15, -0.1) is 0 Å². The van der Waals surface area contributed by atoms with Crippen LogP contribution in [0.3, 0.4) is 0 Å². The molecule has 4 aromatic carbocycles. The van der Waals surface area contributed by atoms with Gasteiger partial charge in [-0.2, -0.15) is 29.9 Å². The molecule has 0 spiro atoms. The monoisotopic (exact) mass is 756 g/mol. The maximum atomic E-state index is 5.82. The predicted molar refractivity (Wildman–Crippen MR) is 197 cm³/mol. The first kappa shape index (κ1) is 33.3. The fourth-order valence-electron chi connectivity index (χ4n) is 6.01. The van der Waals surface area contributed by atoms with Crippen LogP contribution < -0.4 is 0 Å². The fourth-order valence-corrected chi connectivity index (χ4v) is 6.01. The molecule has 0 aliphatic carbocycles. The Hall–Kier alpha value is -8.28. The molecule has 0 saturated heterocycles. The Balaban J connectivity index is 1.03. The average molecular weight is 757 g/mol. The Labute approximate surface area is 319 Å². The zero-order valence-corrected chi connectivity index (χ0v) is 30.0. The van der Waals surface area contributed by atoms with Gasteiger partial charge in [0, 0.05) is 70.8 Å². The highest BCUT2D eigenvalue weighted by Crippen LogP contribution is 2.35. The van der Waals surface area contributed by atoms with Crippen molar-refractivity contribution in [1.82, 2.24) is 60.8 Å². The van der Waals surface area contributed by atoms with Crippen molar-refractivity contribution in [2.45, 2.75) is 20.8 Å². The maximum Gasteiger partial charge on any atom is 0.258 e. The van der Waals surface area contributed by atoms with E-state index in [4.69, 9.17) is 42.1 Å². The topological polar surface area (TPSA) is 234 Å². The molecule has 10 aromatic rings. The van der Waals surface area contributed by atoms with Crippen LogP contribution in [0, 0.1) is 20.8 Å². The number of nitrogens with zero attached hydrogens (tertiary/aromatic N) is 12. The highest BCUT2D eigenvalue weighted by molar-refractivity contribution is 5.76. The lowest BCUT2D eigenvalue weighted by Crippen LogP contribution is -1.88. The van der Waals surface area contributed by atoms with Crippen molar-refractivity contribution in [2.75, 3.05) is 0 Å². The third-order valence-corrected chi connectivity index (χ3v) is 8.67. The van der Waals surface area contributed by atoms with Crippen molar-refractivity contribution in [3.8, 4) is 103 Å². The molecule has 0 aliphatic heterocycles. The van der Waals surface area contributed by atoms with Gasteiger partial charge in [0.1, 0.15) is 0 Å². The van der Waals surface area contributed by atoms with Crippen LogP contribution in [0.15, 0.2) is 118 Å². The van der Waals surface area contributed by atoms with Crippen molar-refractivity contribution in [1.29, 1.82) is 0 Å². The normalized spacial score (nSPS) is 11.4. The number of hydrogen-bond acceptors (Lipinski definition) is 18. The Morgan fingerprint density at radius 1 is 0.281 bits per heavy atom. The first-order chi connectivity index (χ1) is 27.9. The molecular weight excluding hydrogens is 733 g/mol. The van der Waals surface area contributed by atoms with Crippen LogP contribution in [0.4, 0.5) is 0 Å². The van der Waals surface area contributed by atoms with E-state index in [1.165, 1.54) is 0 Å². The molecule has 0 N–H and O–H groups in total. The SMILES string of the molecule is Cc1nc(-c2cccc(-c3noc(-c4cc(-c5nc(-c6cccc(-c7noc(C)n7)c6)no5)cc(-c5nc(-c6cccc(-c7noc(C)n7)c6)no5)c4)n3)c2)no1. The van der Waals surface area contributed by atoms with Gasteiger partial charge in [-0.1, -0.05) is 85.5 Å². The van der Waals surface area contributed by atoms with E-state index < -0.39 is 0 Å². The molecule has 6 aromatic heterocycles. The number of hydrogen-bond donors (Lipinski definition) is 0. The van der Waals surface area contributed by atoms with E-state index in [1.807, 2.05) is 72.8 Å². The second kappa shape index (κ2) is 13.5. The summed E-state index contributed by atoms with van der Waals surface area (Å²) < 4.78 is 32.9. The molecular formula is C39H24N12O6. The second-order valence-corrected chi connectivity index (χ2v) is 12.7. The standard InChI is InChI=1S/C39H24N12O6/c1-19-40-31(46-52-19)22-7-4-10-25(13-22)34-43-37(55-49-34)28-16-29(38-44-35(50-56-38)26-11-5-8-23(14-26)32-41-20(2)53-47-32)18-30(17-28)39-45-36(51-57-39)27-12-6-9-24(15-27)33-42-21(3)54-48-33/h4-18H,1-3H3. The molecule has 18 heteroatoms. The summed E-state index contributed by atoms with van der Waals surface area (Å²) in [6, 6.07) is 27.7. The second-order valence-electron chi connectivity index (χ2n) is 12.7. The maximum absolute atomic E-state index is 5.82. The van der Waals surface area contributed by atoms with Gasteiger partial charge >= 0.3 is 0 Å². The molecule has 6 heterocycles. The van der Waals surface area contributed by atoms with Gasteiger partial charge in [-0.25, -0.2) is 0 Å². The third-order valence-electron chi connectivity index (χ3n) is 8.67. The quantitative estimate of drug-likeness (QED) is 0.136. The van der Waals surface area contributed by atoms with E-state index in [0.29, 0.717) is 86.0 Å². The minimum Gasteiger partial charge on any atom is -0.339 e. The zero-order valence-electron chi connectivity index (χ0n) is 30.0. The van der Waals surface area contributed by atoms with Crippen molar-refractivity contribution in [3.05, 3.63) is 109 Å². The van der Waals surface area contributed by atoms with Gasteiger partial charge in [-0.05, 0) is 36.4 Å². The first-order valence-corrected chi connectivity index (χ1v) is 17.3. The highest BCUT2D eigenvalue weighted by atomic mass is 16.5. The third kappa shape index (κ3) is 6.52. The Bertz CT molecular complexity index is 2730. The molecule has 0 amide bonds. The van der Waals surface area contributed by atoms with Crippen LogP contribution in [-0.2, 0) is 0 Å². The molecule has 0 radical (unpaired) electrons. The minimum atomic E-state index is 0.208. The van der Waals surface area contributed by atoms with E-state index >= 15 is 0 Å². The Morgan fingerprint density at radius 2 is 0.509 bits per heavy atom. The Morgan fingerprint density at radius 3 is 0.754 bits per heavy atom. The van der Waals surface area contributed by atoms with Crippen LogP contribution in [0.5, 0.6) is 0 Å². The van der Waals surface area contributed by atoms with Crippen molar-refractivity contribution in [2.24, 2.45) is 0 Å². The number of aromatic nitrogens is 12. The molecule has 0 bridgehead atoms. The molecule has 10 rings (SSSR count). The molecule has 0 unspecified atom stereocenters. The van der Waals surface area contributed by atoms with E-state index in [2.05, 4.69) is 45.9 Å². The molecule has 276 valence electrons. The van der Waals surface area contributed by atoms with Gasteiger partial charge in [0.2, 0.25) is 52.6 Å². The summed E-state index contributed by atoms with van der Waals surface area (Å²) in [6.45, 7) is 5.18. The van der Waals surface area contributed by atoms with Gasteiger partial charge in [0.15, 0.2) is 0 Å². The average Bonchev–Trinajstić information content (AvgIpc) is 4.10. The molecule has 0 atom stereocenters. The minimum absolute atomic E-state index is 0.208. The number of benzene rings is 4. The fraction of sp³-hybridized carbons (Fsp3) is 0.0769. The van der Waals surface area contributed by atoms with Crippen LogP contribution in [-0.4, -0.2) is 60.8 Å². The number of aryl methyl sites for hydroxylation is 3. The van der Waals surface area contributed by atoms with E-state index in [-0.39, 0.29) is 17.7 Å². The zero-order chi connectivity index (χ0) is 38.5. The van der Waals surface area contributed by atoms with Gasteiger partial charge in [0.05, 0.1) is 0 Å². The van der Waals surface area contributed by atoms with Crippen LogP contribution in [0.25, 0.3) is 103 Å². The summed E-state index contributed by atoms with van der Waals surface area (Å²) in [5.74, 6) is 4.34. The van der Waals surface area contributed by atoms with Crippen LogP contribution in [0.1, 0.15) is 17.7 Å². The summed E-state index contributed by atoms with van der Waals surface area (Å²) in [5, 5.41) is 24.9. The molecule has 0 saturated carbocycles. The van der Waals surface area contributed by atoms with Crippen molar-refractivity contribution < 1.29 is 27.1 Å². The summed E-state index contributed by atoms with van der Waals surface area (Å²) in [5.41, 5.74) is 5.81. The summed E-state index contributed by atoms with van der Waals surface area (Å²) in [6.07, 6.45) is 0. The lowest BCUT2D eigenvalue weighted by atomic mass is 10.0. The van der Waals surface area contributed by atoms with Crippen LogP contribution >= 0.6 is 0 Å². The first-order valence-electron chi connectivity index (χ1n) is 17.3. The molecule has 0 aliphatic rings. The molecule has 18 nitrogen and oxygen atoms in total. The van der Waals surface area contributed by atoms with E-state index in [1.54, 1.807) is 39.0 Å². The Kier molecular flexibility index (Phi) is 7.91. The summed E-state index contributed by atoms with van der Waals surface area (Å²) in [4.78, 5) is 27.2. The summed E-state index contributed by atoms with van der Waals surface area (Å²) in [7, 11) is 0. The van der Waals surface area contributed by atoms with Gasteiger partial charge in [0.25, 0.3) is 17.7 Å². The van der Waals surface area contributed by atoms with Gasteiger partial charge < -0.3 is 27.1 Å². The largest absolute Gasteiger partial charge is 0.339 e. The smallest absolute Gasteiger partial charge is 0.258 e. The summed E-state index contributed by atoms with van der Waals surface area (Å²) >= 11 is 0. The van der Waals surface area contributed by atoms with E-state index in [0.717, 1.165) is 16.7 Å². The molecule has 57 heavy (non-hydrogen) atoms. The van der Waals surface area contributed by atoms with Crippen LogP contribution in [0.2, 0.25) is 0 Å². The lowest BCUT2D eigenvalue weighted by molar-refractivity contribution is 0.394. The van der Waals surface area contributed by atoms with Crippen molar-refractivity contribution in [3.63, 3.8) is 0 Å². The predicted octanol–water partition coefficient (Wildman–Crippen LogP) is 7.91. The molecule has 0 fully saturated rings. The number of rotatable bonds is 9. The van der Waals surface area contributed by atoms with Gasteiger partial charge in [-0.3, -0.25) is 0 Å². The van der Waals surface area contributed by atoms with Crippen molar-refractivity contribution >= 4 is 0 Å². The van der Waals surface area contributed by atoms with E-state index in [9.17, 15) is 0 Å². The lowest BCUT2D eigenvalue weighted by Gasteiger charge is -2.03.